The predicted molar refractivity (Wildman–Crippen MR) is 54.1 cm³/mol. The van der Waals surface area contributed by atoms with Crippen LogP contribution in [0, 0.1) is 0 Å². The van der Waals surface area contributed by atoms with E-state index >= 15 is 0 Å². The van der Waals surface area contributed by atoms with Crippen molar-refractivity contribution in [3.05, 3.63) is 23.8 Å². The highest BCUT2D eigenvalue weighted by Crippen LogP contribution is 1.97. The number of hydrazone groups is 1. The van der Waals surface area contributed by atoms with Crippen molar-refractivity contribution < 1.29 is 5.02 Å². The van der Waals surface area contributed by atoms with Gasteiger partial charge in [-0.2, -0.15) is 5.10 Å². The molecule has 2 rings (SSSR count). The maximum Gasteiger partial charge on any atom is 0.464 e. The van der Waals surface area contributed by atoms with Crippen LogP contribution in [0.15, 0.2) is 23.3 Å². The molecule has 1 unspecified atom stereocenters. The number of nitrogens with zero attached hydrogens (tertiary/aromatic N) is 1. The van der Waals surface area contributed by atoms with Crippen LogP contribution in [0.2, 0.25) is 0 Å². The fourth-order valence-electron chi connectivity index (χ4n) is 1.19. The highest BCUT2D eigenvalue weighted by Gasteiger charge is 2.20. The van der Waals surface area contributed by atoms with Crippen molar-refractivity contribution >= 4 is 33.3 Å². The SMILES string of the molecule is OB1NN=Cc2ccc(P)cc21. The Bertz CT molecular complexity index is 342. The van der Waals surface area contributed by atoms with Gasteiger partial charge in [-0.1, -0.05) is 18.2 Å². The van der Waals surface area contributed by atoms with Gasteiger partial charge in [-0.15, -0.1) is 9.24 Å². The highest BCUT2D eigenvalue weighted by atomic mass is 31.0. The molecule has 0 radical (unpaired) electrons. The Balaban J connectivity index is 2.56. The molecule has 1 aromatic rings. The fraction of sp³-hybridized carbons (Fsp3) is 0. The zero-order chi connectivity index (χ0) is 8.55. The molecule has 0 bridgehead atoms. The standard InChI is InChI=1S/C7H8BN2OP/c11-8-7-3-6(12)2-1-5(7)4-9-10-8/h1-4,10-11H,12H2. The van der Waals surface area contributed by atoms with Gasteiger partial charge in [0.05, 0.1) is 6.21 Å². The molecular weight excluding hydrogens is 170 g/mol. The van der Waals surface area contributed by atoms with E-state index in [4.69, 9.17) is 0 Å². The van der Waals surface area contributed by atoms with E-state index in [9.17, 15) is 5.02 Å². The number of nitrogens with one attached hydrogen (secondary N) is 1. The van der Waals surface area contributed by atoms with Gasteiger partial charge >= 0.3 is 7.05 Å². The fourth-order valence-corrected chi connectivity index (χ4v) is 1.47. The van der Waals surface area contributed by atoms with E-state index in [0.29, 0.717) is 0 Å². The second kappa shape index (κ2) is 2.89. The molecule has 0 aromatic heterocycles. The minimum absolute atomic E-state index is 0.675. The van der Waals surface area contributed by atoms with Crippen molar-refractivity contribution in [3.8, 4) is 0 Å². The average molecular weight is 178 g/mol. The number of hydrogen-bond acceptors (Lipinski definition) is 3. The third-order valence-electron chi connectivity index (χ3n) is 1.81. The minimum Gasteiger partial charge on any atom is -0.428 e. The summed E-state index contributed by atoms with van der Waals surface area (Å²) >= 11 is 0. The molecule has 1 atom stereocenters. The Labute approximate surface area is 73.2 Å². The summed E-state index contributed by atoms with van der Waals surface area (Å²) < 4.78 is 0. The number of benzene rings is 1. The molecule has 0 saturated heterocycles. The molecule has 0 amide bonds. The van der Waals surface area contributed by atoms with Crippen LogP contribution in [-0.4, -0.2) is 18.3 Å². The lowest BCUT2D eigenvalue weighted by Crippen LogP contribution is -2.47. The lowest BCUT2D eigenvalue weighted by molar-refractivity contribution is 0.565. The van der Waals surface area contributed by atoms with Crippen LogP contribution >= 0.6 is 9.24 Å². The van der Waals surface area contributed by atoms with E-state index in [1.54, 1.807) is 6.21 Å². The summed E-state index contributed by atoms with van der Waals surface area (Å²) in [6.07, 6.45) is 1.70. The van der Waals surface area contributed by atoms with Crippen LogP contribution in [0.5, 0.6) is 0 Å². The minimum atomic E-state index is -0.675. The molecule has 1 heterocycles. The van der Waals surface area contributed by atoms with Crippen LogP contribution in [0.25, 0.3) is 0 Å². The normalized spacial score (nSPS) is 14.0. The molecular formula is C7H8BN2OP. The van der Waals surface area contributed by atoms with Crippen LogP contribution in [0.4, 0.5) is 0 Å². The van der Waals surface area contributed by atoms with Gasteiger partial charge in [0.2, 0.25) is 0 Å². The first kappa shape index (κ1) is 7.78. The van der Waals surface area contributed by atoms with Crippen LogP contribution in [0.1, 0.15) is 5.56 Å². The number of hydrogen-bond donors (Lipinski definition) is 2. The van der Waals surface area contributed by atoms with Crippen molar-refractivity contribution in [2.45, 2.75) is 0 Å². The van der Waals surface area contributed by atoms with Crippen molar-refractivity contribution in [3.63, 3.8) is 0 Å². The Morgan fingerprint density at radius 2 is 2.33 bits per heavy atom. The Kier molecular flexibility index (Phi) is 1.87. The molecule has 1 aromatic carbocycles. The third kappa shape index (κ3) is 1.24. The average Bonchev–Trinajstić information content (AvgIpc) is 2.07. The van der Waals surface area contributed by atoms with E-state index in [2.05, 4.69) is 19.7 Å². The van der Waals surface area contributed by atoms with Crippen molar-refractivity contribution in [2.24, 2.45) is 5.10 Å². The molecule has 0 saturated carbocycles. The molecule has 2 N–H and O–H groups in total. The smallest absolute Gasteiger partial charge is 0.428 e. The van der Waals surface area contributed by atoms with E-state index in [-0.39, 0.29) is 0 Å². The molecule has 60 valence electrons. The quantitative estimate of drug-likeness (QED) is 0.387. The van der Waals surface area contributed by atoms with Gasteiger partial charge in [-0.05, 0) is 16.3 Å². The van der Waals surface area contributed by atoms with E-state index < -0.39 is 7.05 Å². The Morgan fingerprint density at radius 1 is 1.50 bits per heavy atom. The topological polar surface area (TPSA) is 44.6 Å². The van der Waals surface area contributed by atoms with Crippen molar-refractivity contribution in [2.75, 3.05) is 0 Å². The summed E-state index contributed by atoms with van der Waals surface area (Å²) in [6, 6.07) is 5.82. The summed E-state index contributed by atoms with van der Waals surface area (Å²) in [5.41, 5.74) is 1.84. The summed E-state index contributed by atoms with van der Waals surface area (Å²) in [5.74, 6) is 0. The molecule has 3 nitrogen and oxygen atoms in total. The van der Waals surface area contributed by atoms with E-state index in [0.717, 1.165) is 16.3 Å². The number of fused-ring (bicyclic) bond motifs is 1. The molecule has 5 heteroatoms. The predicted octanol–water partition coefficient (Wildman–Crippen LogP) is -1.19. The summed E-state index contributed by atoms with van der Waals surface area (Å²) in [4.78, 5) is 0. The Morgan fingerprint density at radius 3 is 3.17 bits per heavy atom. The van der Waals surface area contributed by atoms with E-state index in [1.165, 1.54) is 0 Å². The molecule has 0 spiro atoms. The summed E-state index contributed by atoms with van der Waals surface area (Å²) in [5, 5.41) is 16.9. The van der Waals surface area contributed by atoms with Gasteiger partial charge in [0.1, 0.15) is 0 Å². The lowest BCUT2D eigenvalue weighted by atomic mass is 9.72. The van der Waals surface area contributed by atoms with Crippen molar-refractivity contribution in [1.82, 2.24) is 5.34 Å². The van der Waals surface area contributed by atoms with Gasteiger partial charge in [0.25, 0.3) is 0 Å². The molecule has 0 aliphatic carbocycles. The van der Waals surface area contributed by atoms with Crippen molar-refractivity contribution in [1.29, 1.82) is 0 Å². The maximum atomic E-state index is 9.45. The molecule has 1 aliphatic rings. The first-order valence-corrected chi connectivity index (χ1v) is 4.21. The van der Waals surface area contributed by atoms with Crippen LogP contribution < -0.4 is 16.1 Å². The summed E-state index contributed by atoms with van der Waals surface area (Å²) in [7, 11) is 1.92. The first-order chi connectivity index (χ1) is 5.77. The highest BCUT2D eigenvalue weighted by molar-refractivity contribution is 7.27. The van der Waals surface area contributed by atoms with E-state index in [1.807, 2.05) is 18.2 Å². The van der Waals surface area contributed by atoms with Crippen LogP contribution in [-0.2, 0) is 0 Å². The Hall–Kier alpha value is -0.855. The zero-order valence-electron chi connectivity index (χ0n) is 6.36. The second-order valence-corrected chi connectivity index (χ2v) is 3.34. The van der Waals surface area contributed by atoms with Gasteiger partial charge in [0.15, 0.2) is 0 Å². The molecule has 1 aliphatic heterocycles. The second-order valence-electron chi connectivity index (χ2n) is 2.68. The van der Waals surface area contributed by atoms with Crippen LogP contribution in [0.3, 0.4) is 0 Å². The number of rotatable bonds is 0. The van der Waals surface area contributed by atoms with Gasteiger partial charge < -0.3 is 10.4 Å². The first-order valence-electron chi connectivity index (χ1n) is 3.63. The third-order valence-corrected chi connectivity index (χ3v) is 2.17. The largest absolute Gasteiger partial charge is 0.464 e. The summed E-state index contributed by atoms with van der Waals surface area (Å²) in [6.45, 7) is 0. The monoisotopic (exact) mass is 178 g/mol. The lowest BCUT2D eigenvalue weighted by Gasteiger charge is -2.13. The van der Waals surface area contributed by atoms with Gasteiger partial charge in [0, 0.05) is 0 Å². The molecule has 12 heavy (non-hydrogen) atoms. The van der Waals surface area contributed by atoms with Gasteiger partial charge in [-0.25, -0.2) is 0 Å². The van der Waals surface area contributed by atoms with Gasteiger partial charge in [-0.3, -0.25) is 0 Å². The maximum absolute atomic E-state index is 9.45. The molecule has 0 fully saturated rings. The zero-order valence-corrected chi connectivity index (χ0v) is 7.51.